The predicted octanol–water partition coefficient (Wildman–Crippen LogP) is -1.06. The van der Waals surface area contributed by atoms with E-state index in [0.717, 1.165) is 25.3 Å². The molecule has 2 bridgehead atoms. The van der Waals surface area contributed by atoms with Crippen molar-refractivity contribution in [3.8, 4) is 0 Å². The lowest BCUT2D eigenvalue weighted by Crippen LogP contribution is -2.41. The highest BCUT2D eigenvalue weighted by molar-refractivity contribution is 7.88. The number of aromatic nitrogens is 2. The molecule has 3 fully saturated rings. The molecule has 4 heterocycles. The molecule has 0 aromatic carbocycles. The van der Waals surface area contributed by atoms with Crippen molar-refractivity contribution in [1.82, 2.24) is 19.6 Å². The zero-order valence-electron chi connectivity index (χ0n) is 13.8. The van der Waals surface area contributed by atoms with E-state index in [1.807, 2.05) is 0 Å². The highest BCUT2D eigenvalue weighted by Gasteiger charge is 2.63. The Balaban J connectivity index is 1.52. The third-order valence-corrected chi connectivity index (χ3v) is 6.23. The summed E-state index contributed by atoms with van der Waals surface area (Å²) in [7, 11) is -3.27. The van der Waals surface area contributed by atoms with Crippen LogP contribution in [0.2, 0.25) is 0 Å². The van der Waals surface area contributed by atoms with Crippen molar-refractivity contribution >= 4 is 15.9 Å². The largest absolute Gasteiger partial charge is 0.369 e. The number of sulfonamides is 1. The minimum absolute atomic E-state index is 0.0442. The Labute approximate surface area is 144 Å². The lowest BCUT2D eigenvalue weighted by Gasteiger charge is -2.29. The van der Waals surface area contributed by atoms with Gasteiger partial charge in [0.05, 0.1) is 30.7 Å². The molecule has 1 amide bonds. The molecule has 1 spiro atoms. The first-order valence-electron chi connectivity index (χ1n) is 8.24. The molecule has 0 unspecified atom stereocenters. The summed E-state index contributed by atoms with van der Waals surface area (Å²) < 4.78 is 31.6. The molecule has 3 saturated heterocycles. The van der Waals surface area contributed by atoms with Crippen molar-refractivity contribution in [2.24, 2.45) is 11.8 Å². The number of nitrogens with one attached hydrogen (secondary N) is 2. The minimum atomic E-state index is -3.27. The normalized spacial score (nSPS) is 33.6. The number of carbonyl (C=O) groups excluding carboxylic acids is 1. The number of carbonyl (C=O) groups is 1. The predicted molar refractivity (Wildman–Crippen MR) is 87.4 cm³/mol. The van der Waals surface area contributed by atoms with Gasteiger partial charge in [-0.3, -0.25) is 9.59 Å². The van der Waals surface area contributed by atoms with Crippen molar-refractivity contribution in [2.75, 3.05) is 25.9 Å². The van der Waals surface area contributed by atoms with Gasteiger partial charge in [0.25, 0.3) is 11.5 Å². The Hall–Kier alpha value is -1.78. The van der Waals surface area contributed by atoms with E-state index in [1.165, 1.54) is 6.20 Å². The van der Waals surface area contributed by atoms with Crippen LogP contribution in [0.3, 0.4) is 0 Å². The van der Waals surface area contributed by atoms with E-state index in [9.17, 15) is 18.0 Å². The summed E-state index contributed by atoms with van der Waals surface area (Å²) in [6.07, 6.45) is 5.35. The average molecular weight is 368 g/mol. The molecule has 0 radical (unpaired) electrons. The first-order valence-corrected chi connectivity index (χ1v) is 10.1. The number of aromatic amines is 1. The van der Waals surface area contributed by atoms with Crippen LogP contribution in [0.15, 0.2) is 17.2 Å². The number of hydrogen-bond donors (Lipinski definition) is 2. The Morgan fingerprint density at radius 3 is 3.04 bits per heavy atom. The zero-order valence-corrected chi connectivity index (χ0v) is 14.6. The highest BCUT2D eigenvalue weighted by Crippen LogP contribution is 2.54. The van der Waals surface area contributed by atoms with E-state index < -0.39 is 10.0 Å². The quantitative estimate of drug-likeness (QED) is 0.699. The molecule has 1 aromatic rings. The third kappa shape index (κ3) is 2.87. The van der Waals surface area contributed by atoms with Crippen LogP contribution in [-0.4, -0.2) is 66.8 Å². The lowest BCUT2D eigenvalue weighted by atomic mass is 9.74. The van der Waals surface area contributed by atoms with E-state index in [4.69, 9.17) is 4.74 Å². The zero-order chi connectivity index (χ0) is 17.8. The van der Waals surface area contributed by atoms with Crippen LogP contribution >= 0.6 is 0 Å². The average Bonchev–Trinajstić information content (AvgIpc) is 3.20. The number of likely N-dealkylation sites (tertiary alicyclic amines) is 1. The summed E-state index contributed by atoms with van der Waals surface area (Å²) in [5.74, 6) is -0.0843. The number of H-pyrrole nitrogens is 1. The van der Waals surface area contributed by atoms with Gasteiger partial charge in [-0.2, -0.15) is 0 Å². The second kappa shape index (κ2) is 5.61. The van der Waals surface area contributed by atoms with Gasteiger partial charge < -0.3 is 14.6 Å². The number of nitrogens with zero attached hydrogens (tertiary/aromatic N) is 2. The first kappa shape index (κ1) is 16.7. The smallest absolute Gasteiger partial charge is 0.274 e. The summed E-state index contributed by atoms with van der Waals surface area (Å²) in [5, 5.41) is 0. The standard InChI is InChI=1S/C15H20N4O5S/c1-25(22,23)18-4-9-10-7-19(8-15(10)3-2-12(9)24-15)14(21)11-5-17-13(20)6-16-11/h5-6,9-10,12,18H,2-4,7-8H2,1H3,(H,17,20)/t9-,10+,12+,15+/m0/s1. The molecule has 3 aliphatic heterocycles. The van der Waals surface area contributed by atoms with E-state index in [0.29, 0.717) is 19.6 Å². The summed E-state index contributed by atoms with van der Waals surface area (Å²) in [6.45, 7) is 1.31. The van der Waals surface area contributed by atoms with Crippen LogP contribution in [-0.2, 0) is 14.8 Å². The number of hydrogen-bond acceptors (Lipinski definition) is 6. The molecule has 0 saturated carbocycles. The molecule has 10 heteroatoms. The van der Waals surface area contributed by atoms with Gasteiger partial charge >= 0.3 is 0 Å². The lowest BCUT2D eigenvalue weighted by molar-refractivity contribution is 0.00318. The van der Waals surface area contributed by atoms with Gasteiger partial charge in [0, 0.05) is 31.1 Å². The van der Waals surface area contributed by atoms with Crippen molar-refractivity contribution in [3.63, 3.8) is 0 Å². The van der Waals surface area contributed by atoms with Crippen molar-refractivity contribution in [2.45, 2.75) is 24.5 Å². The maximum absolute atomic E-state index is 12.7. The molecule has 0 aliphatic carbocycles. The van der Waals surface area contributed by atoms with Crippen LogP contribution in [0.1, 0.15) is 23.3 Å². The maximum Gasteiger partial charge on any atom is 0.274 e. The summed E-state index contributed by atoms with van der Waals surface area (Å²) in [6, 6.07) is 0. The SMILES string of the molecule is CS(=O)(=O)NC[C@H]1[C@H]2CN(C(=O)c3c[nH]c(=O)cn3)C[C@]23CC[C@H]1O3. The molecule has 4 atom stereocenters. The monoisotopic (exact) mass is 368 g/mol. The Morgan fingerprint density at radius 2 is 2.36 bits per heavy atom. The maximum atomic E-state index is 12.7. The fourth-order valence-electron chi connectivity index (χ4n) is 4.49. The van der Waals surface area contributed by atoms with Crippen LogP contribution in [0.5, 0.6) is 0 Å². The second-order valence-electron chi connectivity index (χ2n) is 7.13. The van der Waals surface area contributed by atoms with E-state index in [1.54, 1.807) is 4.90 Å². The van der Waals surface area contributed by atoms with Crippen molar-refractivity contribution < 1.29 is 17.9 Å². The Kier molecular flexibility index (Phi) is 3.74. The molecule has 2 N–H and O–H groups in total. The fourth-order valence-corrected chi connectivity index (χ4v) is 4.98. The van der Waals surface area contributed by atoms with Gasteiger partial charge in [-0.1, -0.05) is 0 Å². The van der Waals surface area contributed by atoms with E-state index in [2.05, 4.69) is 14.7 Å². The molecule has 25 heavy (non-hydrogen) atoms. The van der Waals surface area contributed by atoms with Gasteiger partial charge in [0.1, 0.15) is 5.69 Å². The summed E-state index contributed by atoms with van der Waals surface area (Å²) >= 11 is 0. The minimum Gasteiger partial charge on any atom is -0.369 e. The van der Waals surface area contributed by atoms with E-state index in [-0.39, 0.29) is 40.7 Å². The van der Waals surface area contributed by atoms with Gasteiger partial charge in [-0.05, 0) is 12.8 Å². The summed E-state index contributed by atoms with van der Waals surface area (Å²) in [5.41, 5.74) is -0.550. The van der Waals surface area contributed by atoms with Crippen molar-refractivity contribution in [3.05, 3.63) is 28.4 Å². The number of ether oxygens (including phenoxy) is 1. The van der Waals surface area contributed by atoms with E-state index >= 15 is 0 Å². The number of rotatable bonds is 4. The second-order valence-corrected chi connectivity index (χ2v) is 8.97. The molecule has 136 valence electrons. The van der Waals surface area contributed by atoms with Gasteiger partial charge in [0.2, 0.25) is 10.0 Å². The molecular formula is C15H20N4O5S. The molecule has 9 nitrogen and oxygen atoms in total. The number of fused-ring (bicyclic) bond motifs is 1. The highest BCUT2D eigenvalue weighted by atomic mass is 32.2. The van der Waals surface area contributed by atoms with Gasteiger partial charge in [0.15, 0.2) is 0 Å². The molecule has 3 aliphatic rings. The van der Waals surface area contributed by atoms with Crippen LogP contribution < -0.4 is 10.3 Å². The van der Waals surface area contributed by atoms with Crippen LogP contribution in [0, 0.1) is 11.8 Å². The molecule has 1 aromatic heterocycles. The Bertz CT molecular complexity index is 848. The van der Waals surface area contributed by atoms with Gasteiger partial charge in [-0.25, -0.2) is 18.1 Å². The first-order chi connectivity index (χ1) is 11.8. The van der Waals surface area contributed by atoms with Crippen LogP contribution in [0.4, 0.5) is 0 Å². The van der Waals surface area contributed by atoms with Crippen LogP contribution in [0.25, 0.3) is 0 Å². The summed E-state index contributed by atoms with van der Waals surface area (Å²) in [4.78, 5) is 31.8. The van der Waals surface area contributed by atoms with Crippen molar-refractivity contribution in [1.29, 1.82) is 0 Å². The molecular weight excluding hydrogens is 348 g/mol. The Morgan fingerprint density at radius 1 is 1.56 bits per heavy atom. The topological polar surface area (TPSA) is 121 Å². The molecule has 4 rings (SSSR count). The van der Waals surface area contributed by atoms with Gasteiger partial charge in [-0.15, -0.1) is 0 Å². The number of amides is 1. The third-order valence-electron chi connectivity index (χ3n) is 5.54. The fraction of sp³-hybridized carbons (Fsp3) is 0.667.